The Morgan fingerprint density at radius 1 is 1.33 bits per heavy atom. The lowest BCUT2D eigenvalue weighted by atomic mass is 10.2. The van der Waals surface area contributed by atoms with E-state index in [1.54, 1.807) is 0 Å². The van der Waals surface area contributed by atoms with Gasteiger partial charge in [-0.25, -0.2) is 9.97 Å². The second-order valence-electron chi connectivity index (χ2n) is 3.23. The molecule has 0 aliphatic rings. The lowest BCUT2D eigenvalue weighted by molar-refractivity contribution is 0.102. The first-order valence-electron chi connectivity index (χ1n) is 4.84. The predicted octanol–water partition coefficient (Wildman–Crippen LogP) is 1.65. The first-order chi connectivity index (χ1) is 8.69. The van der Waals surface area contributed by atoms with Gasteiger partial charge in [0.1, 0.15) is 16.9 Å². The second kappa shape index (κ2) is 5.21. The number of anilines is 1. The van der Waals surface area contributed by atoms with Gasteiger partial charge in [-0.3, -0.25) is 9.78 Å². The summed E-state index contributed by atoms with van der Waals surface area (Å²) in [5.74, 6) is -0.213. The smallest absolute Gasteiger partial charge is 0.275 e. The number of aromatic nitrogens is 3. The van der Waals surface area contributed by atoms with Crippen molar-refractivity contribution in [2.24, 2.45) is 0 Å². The van der Waals surface area contributed by atoms with Crippen LogP contribution in [0.25, 0.3) is 0 Å². The number of hydrogen-bond acceptors (Lipinski definition) is 5. The summed E-state index contributed by atoms with van der Waals surface area (Å²) in [6.07, 6.45) is 4.04. The number of carbonyl (C=O) groups is 1. The van der Waals surface area contributed by atoms with Gasteiger partial charge in [0.25, 0.3) is 5.91 Å². The molecular formula is C11H6ClN5O. The zero-order valence-electron chi connectivity index (χ0n) is 8.96. The third-order valence-corrected chi connectivity index (χ3v) is 2.15. The highest BCUT2D eigenvalue weighted by atomic mass is 35.5. The molecule has 0 radical (unpaired) electrons. The maximum atomic E-state index is 11.8. The van der Waals surface area contributed by atoms with Gasteiger partial charge >= 0.3 is 0 Å². The van der Waals surface area contributed by atoms with Crippen molar-refractivity contribution in [1.29, 1.82) is 5.26 Å². The van der Waals surface area contributed by atoms with E-state index in [9.17, 15) is 4.79 Å². The maximum absolute atomic E-state index is 11.8. The third kappa shape index (κ3) is 2.78. The Morgan fingerprint density at radius 3 is 2.78 bits per heavy atom. The molecule has 0 aliphatic heterocycles. The number of rotatable bonds is 2. The Hall–Kier alpha value is -2.52. The summed E-state index contributed by atoms with van der Waals surface area (Å²) in [4.78, 5) is 23.3. The number of pyridine rings is 1. The molecular weight excluding hydrogens is 254 g/mol. The van der Waals surface area contributed by atoms with Crippen LogP contribution >= 0.6 is 11.6 Å². The van der Waals surface area contributed by atoms with E-state index in [0.29, 0.717) is 5.56 Å². The molecule has 0 unspecified atom stereocenters. The van der Waals surface area contributed by atoms with Gasteiger partial charge in [-0.15, -0.1) is 0 Å². The van der Waals surface area contributed by atoms with Gasteiger partial charge in [0, 0.05) is 6.20 Å². The van der Waals surface area contributed by atoms with Crippen LogP contribution in [-0.4, -0.2) is 20.9 Å². The summed E-state index contributed by atoms with van der Waals surface area (Å²) >= 11 is 5.64. The summed E-state index contributed by atoms with van der Waals surface area (Å²) in [5.41, 5.74) is 0.560. The van der Waals surface area contributed by atoms with E-state index in [1.807, 2.05) is 6.07 Å². The average Bonchev–Trinajstić information content (AvgIpc) is 2.39. The number of nitrogens with one attached hydrogen (secondary N) is 1. The van der Waals surface area contributed by atoms with Crippen molar-refractivity contribution in [2.75, 3.05) is 5.32 Å². The molecule has 2 aromatic rings. The van der Waals surface area contributed by atoms with Gasteiger partial charge in [0.2, 0.25) is 0 Å². The second-order valence-corrected chi connectivity index (χ2v) is 3.61. The van der Waals surface area contributed by atoms with Gasteiger partial charge in [0.05, 0.1) is 18.0 Å². The number of halogens is 1. The van der Waals surface area contributed by atoms with Gasteiger partial charge in [-0.1, -0.05) is 11.6 Å². The monoisotopic (exact) mass is 259 g/mol. The molecule has 1 amide bonds. The van der Waals surface area contributed by atoms with Crippen molar-refractivity contribution in [3.63, 3.8) is 0 Å². The standard InChI is InChI=1S/C11H6ClN5O/c12-9-5-14-6-10(16-9)17-11(18)8-2-1-7(3-13)4-15-8/h1-2,4-6H,(H,16,17,18). The van der Waals surface area contributed by atoms with Gasteiger partial charge in [-0.2, -0.15) is 5.26 Å². The Bertz CT molecular complexity index is 620. The van der Waals surface area contributed by atoms with Crippen LogP contribution in [0.15, 0.2) is 30.7 Å². The zero-order chi connectivity index (χ0) is 13.0. The van der Waals surface area contributed by atoms with Gasteiger partial charge < -0.3 is 5.32 Å². The lowest BCUT2D eigenvalue weighted by Crippen LogP contribution is -2.14. The minimum Gasteiger partial charge on any atom is -0.304 e. The van der Waals surface area contributed by atoms with Crippen molar-refractivity contribution in [2.45, 2.75) is 0 Å². The van der Waals surface area contributed by atoms with E-state index in [1.165, 1.54) is 30.7 Å². The minimum absolute atomic E-state index is 0.177. The van der Waals surface area contributed by atoms with Crippen LogP contribution in [0.1, 0.15) is 16.1 Å². The molecule has 6 nitrogen and oxygen atoms in total. The van der Waals surface area contributed by atoms with Crippen LogP contribution in [-0.2, 0) is 0 Å². The summed E-state index contributed by atoms with van der Waals surface area (Å²) in [5, 5.41) is 11.3. The Labute approximate surface area is 107 Å². The SMILES string of the molecule is N#Cc1ccc(C(=O)Nc2cncc(Cl)n2)nc1. The van der Waals surface area contributed by atoms with E-state index in [-0.39, 0.29) is 16.7 Å². The molecule has 2 aromatic heterocycles. The normalized spacial score (nSPS) is 9.56. The van der Waals surface area contributed by atoms with E-state index >= 15 is 0 Å². The number of amides is 1. The fourth-order valence-corrected chi connectivity index (χ4v) is 1.32. The van der Waals surface area contributed by atoms with Crippen LogP contribution in [0.3, 0.4) is 0 Å². The zero-order valence-corrected chi connectivity index (χ0v) is 9.72. The molecule has 88 valence electrons. The molecule has 0 atom stereocenters. The molecule has 18 heavy (non-hydrogen) atoms. The number of nitriles is 1. The number of hydrogen-bond donors (Lipinski definition) is 1. The van der Waals surface area contributed by atoms with Crippen LogP contribution in [0.2, 0.25) is 5.15 Å². The lowest BCUT2D eigenvalue weighted by Gasteiger charge is -2.03. The molecule has 2 rings (SSSR count). The summed E-state index contributed by atoms with van der Waals surface area (Å²) in [6.45, 7) is 0. The first kappa shape index (κ1) is 12.0. The van der Waals surface area contributed by atoms with Crippen LogP contribution in [0, 0.1) is 11.3 Å². The van der Waals surface area contributed by atoms with Gasteiger partial charge in [-0.05, 0) is 12.1 Å². The average molecular weight is 260 g/mol. The van der Waals surface area contributed by atoms with Crippen molar-refractivity contribution < 1.29 is 4.79 Å². The first-order valence-corrected chi connectivity index (χ1v) is 5.22. The van der Waals surface area contributed by atoms with Crippen LogP contribution in [0.4, 0.5) is 5.82 Å². The number of carbonyl (C=O) groups excluding carboxylic acids is 1. The summed E-state index contributed by atoms with van der Waals surface area (Å²) in [6, 6.07) is 4.87. The molecule has 0 saturated carbocycles. The molecule has 0 aromatic carbocycles. The van der Waals surface area contributed by atoms with Crippen LogP contribution < -0.4 is 5.32 Å². The summed E-state index contributed by atoms with van der Waals surface area (Å²) < 4.78 is 0. The van der Waals surface area contributed by atoms with E-state index in [2.05, 4.69) is 20.3 Å². The molecule has 0 bridgehead atoms. The highest BCUT2D eigenvalue weighted by Gasteiger charge is 2.08. The topological polar surface area (TPSA) is 91.6 Å². The van der Waals surface area contributed by atoms with Crippen molar-refractivity contribution >= 4 is 23.3 Å². The quantitative estimate of drug-likeness (QED) is 0.885. The Morgan fingerprint density at radius 2 is 2.17 bits per heavy atom. The Kier molecular flexibility index (Phi) is 3.46. The summed E-state index contributed by atoms with van der Waals surface area (Å²) in [7, 11) is 0. The highest BCUT2D eigenvalue weighted by molar-refractivity contribution is 6.29. The Balaban J connectivity index is 2.14. The molecule has 1 N–H and O–H groups in total. The fraction of sp³-hybridized carbons (Fsp3) is 0. The largest absolute Gasteiger partial charge is 0.304 e. The maximum Gasteiger partial charge on any atom is 0.275 e. The van der Waals surface area contributed by atoms with E-state index in [0.717, 1.165) is 0 Å². The number of nitrogens with zero attached hydrogens (tertiary/aromatic N) is 4. The molecule has 7 heteroatoms. The molecule has 0 aliphatic carbocycles. The van der Waals surface area contributed by atoms with Gasteiger partial charge in [0.15, 0.2) is 5.82 Å². The van der Waals surface area contributed by atoms with Crippen molar-refractivity contribution in [1.82, 2.24) is 15.0 Å². The van der Waals surface area contributed by atoms with E-state index in [4.69, 9.17) is 16.9 Å². The predicted molar refractivity (Wildman–Crippen MR) is 63.9 cm³/mol. The third-order valence-electron chi connectivity index (χ3n) is 1.97. The molecule has 2 heterocycles. The molecule has 0 spiro atoms. The van der Waals surface area contributed by atoms with E-state index < -0.39 is 5.91 Å². The molecule has 0 fully saturated rings. The fourth-order valence-electron chi connectivity index (χ4n) is 1.18. The highest BCUT2D eigenvalue weighted by Crippen LogP contribution is 2.08. The molecule has 0 saturated heterocycles. The van der Waals surface area contributed by atoms with Crippen molar-refractivity contribution in [3.8, 4) is 6.07 Å². The van der Waals surface area contributed by atoms with Crippen molar-refractivity contribution in [3.05, 3.63) is 47.1 Å². The van der Waals surface area contributed by atoms with Crippen LogP contribution in [0.5, 0.6) is 0 Å². The minimum atomic E-state index is -0.448.